The van der Waals surface area contributed by atoms with E-state index in [2.05, 4.69) is 0 Å². The molecule has 5 atom stereocenters. The number of rotatable bonds is 7. The molecule has 186 valence electrons. The summed E-state index contributed by atoms with van der Waals surface area (Å²) in [5.74, 6) is -2.42. The molecular formula is C27H24O9. The van der Waals surface area contributed by atoms with Crippen molar-refractivity contribution >= 4 is 17.9 Å². The quantitative estimate of drug-likeness (QED) is 0.377. The summed E-state index contributed by atoms with van der Waals surface area (Å²) in [6.07, 6.45) is -7.53. The second-order valence-corrected chi connectivity index (χ2v) is 7.96. The van der Waals surface area contributed by atoms with Gasteiger partial charge in [0.25, 0.3) is 0 Å². The average Bonchev–Trinajstić information content (AvgIpc) is 2.93. The molecular weight excluding hydrogens is 468 g/mol. The monoisotopic (exact) mass is 492 g/mol. The predicted molar refractivity (Wildman–Crippen MR) is 125 cm³/mol. The highest BCUT2D eigenvalue weighted by Crippen LogP contribution is 2.29. The Labute approximate surface area is 206 Å². The van der Waals surface area contributed by atoms with Crippen LogP contribution < -0.4 is 0 Å². The molecule has 1 aliphatic heterocycles. The van der Waals surface area contributed by atoms with Crippen molar-refractivity contribution < 1.29 is 43.5 Å². The summed E-state index contributed by atoms with van der Waals surface area (Å²) in [6, 6.07) is 24.0. The Bertz CT molecular complexity index is 1170. The lowest BCUT2D eigenvalue weighted by molar-refractivity contribution is -0.284. The largest absolute Gasteiger partial charge is 0.452 e. The van der Waals surface area contributed by atoms with Crippen molar-refractivity contribution in [2.24, 2.45) is 0 Å². The zero-order valence-electron chi connectivity index (χ0n) is 19.0. The van der Waals surface area contributed by atoms with Crippen LogP contribution in [0.25, 0.3) is 0 Å². The molecule has 0 spiro atoms. The van der Waals surface area contributed by atoms with Crippen molar-refractivity contribution in [2.45, 2.75) is 30.7 Å². The van der Waals surface area contributed by atoms with E-state index < -0.39 is 55.2 Å². The lowest BCUT2D eigenvalue weighted by Crippen LogP contribution is -2.62. The zero-order valence-corrected chi connectivity index (χ0v) is 19.0. The number of hydrogen-bond donors (Lipinski definition) is 2. The minimum Gasteiger partial charge on any atom is -0.452 e. The van der Waals surface area contributed by atoms with Crippen LogP contribution in [-0.2, 0) is 18.9 Å². The highest BCUT2D eigenvalue weighted by atomic mass is 16.7. The van der Waals surface area contributed by atoms with E-state index in [0.717, 1.165) is 0 Å². The summed E-state index contributed by atoms with van der Waals surface area (Å²) in [5.41, 5.74) is 0.562. The van der Waals surface area contributed by atoms with Gasteiger partial charge < -0.3 is 29.2 Å². The van der Waals surface area contributed by atoms with E-state index >= 15 is 0 Å². The van der Waals surface area contributed by atoms with Gasteiger partial charge in [0.1, 0.15) is 6.10 Å². The summed E-state index contributed by atoms with van der Waals surface area (Å²) in [6.45, 7) is -0.678. The first kappa shape index (κ1) is 25.1. The van der Waals surface area contributed by atoms with Crippen molar-refractivity contribution in [3.05, 3.63) is 108 Å². The van der Waals surface area contributed by atoms with Gasteiger partial charge in [0.05, 0.1) is 23.3 Å². The fourth-order valence-electron chi connectivity index (χ4n) is 3.74. The molecule has 9 heteroatoms. The average molecular weight is 492 g/mol. The maximum absolute atomic E-state index is 12.9. The van der Waals surface area contributed by atoms with Gasteiger partial charge in [-0.05, 0) is 36.4 Å². The fourth-order valence-corrected chi connectivity index (χ4v) is 3.74. The molecule has 0 saturated carbocycles. The number of esters is 3. The van der Waals surface area contributed by atoms with Gasteiger partial charge in [-0.1, -0.05) is 54.6 Å². The van der Waals surface area contributed by atoms with Crippen molar-refractivity contribution in [3.8, 4) is 0 Å². The first-order valence-electron chi connectivity index (χ1n) is 11.2. The summed E-state index contributed by atoms with van der Waals surface area (Å²) in [5, 5.41) is 20.5. The van der Waals surface area contributed by atoms with Gasteiger partial charge in [-0.25, -0.2) is 14.4 Å². The second-order valence-electron chi connectivity index (χ2n) is 7.96. The Morgan fingerprint density at radius 2 is 0.972 bits per heavy atom. The van der Waals surface area contributed by atoms with Crippen LogP contribution in [0, 0.1) is 0 Å². The maximum Gasteiger partial charge on any atom is 0.338 e. The number of aliphatic hydroxyl groups excluding tert-OH is 2. The standard InChI is InChI=1S/C27H24O9/c28-16-20-21(34-24(29)17-10-4-1-5-11-17)22(35-25(30)18-12-6-2-7-13-18)23(27(32)33-20)36-26(31)19-14-8-3-9-15-19/h1-15,20-23,27-28,32H,16H2. The number of hydrogen-bond acceptors (Lipinski definition) is 9. The van der Waals surface area contributed by atoms with E-state index in [1.807, 2.05) is 0 Å². The zero-order chi connectivity index (χ0) is 25.5. The predicted octanol–water partition coefficient (Wildman–Crippen LogP) is 2.37. The molecule has 9 nitrogen and oxygen atoms in total. The number of carbonyl (C=O) groups is 3. The van der Waals surface area contributed by atoms with Crippen molar-refractivity contribution in [3.63, 3.8) is 0 Å². The van der Waals surface area contributed by atoms with Gasteiger partial charge in [-0.2, -0.15) is 0 Å². The third-order valence-electron chi connectivity index (χ3n) is 5.55. The van der Waals surface area contributed by atoms with Crippen LogP contribution in [-0.4, -0.2) is 65.4 Å². The summed E-state index contributed by atoms with van der Waals surface area (Å²) >= 11 is 0. The van der Waals surface area contributed by atoms with Gasteiger partial charge in [-0.15, -0.1) is 0 Å². The van der Waals surface area contributed by atoms with Crippen LogP contribution in [0.4, 0.5) is 0 Å². The Balaban J connectivity index is 1.66. The lowest BCUT2D eigenvalue weighted by atomic mass is 9.98. The maximum atomic E-state index is 12.9. The van der Waals surface area contributed by atoms with Crippen molar-refractivity contribution in [1.29, 1.82) is 0 Å². The molecule has 1 fully saturated rings. The summed E-state index contributed by atoms with van der Waals surface area (Å²) < 4.78 is 22.1. The minimum absolute atomic E-state index is 0.181. The molecule has 4 rings (SSSR count). The van der Waals surface area contributed by atoms with E-state index in [1.54, 1.807) is 54.6 Å². The Hall–Kier alpha value is -4.05. The van der Waals surface area contributed by atoms with Crippen molar-refractivity contribution in [1.82, 2.24) is 0 Å². The summed E-state index contributed by atoms with van der Waals surface area (Å²) in [4.78, 5) is 38.5. The van der Waals surface area contributed by atoms with E-state index in [0.29, 0.717) is 0 Å². The van der Waals surface area contributed by atoms with Crippen LogP contribution >= 0.6 is 0 Å². The molecule has 1 heterocycles. The van der Waals surface area contributed by atoms with Crippen molar-refractivity contribution in [2.75, 3.05) is 6.61 Å². The van der Waals surface area contributed by atoms with Gasteiger partial charge in [-0.3, -0.25) is 0 Å². The first-order chi connectivity index (χ1) is 17.5. The topological polar surface area (TPSA) is 129 Å². The summed E-state index contributed by atoms with van der Waals surface area (Å²) in [7, 11) is 0. The van der Waals surface area contributed by atoms with E-state index in [9.17, 15) is 24.6 Å². The molecule has 36 heavy (non-hydrogen) atoms. The van der Waals surface area contributed by atoms with Crippen LogP contribution in [0.5, 0.6) is 0 Å². The number of benzene rings is 3. The smallest absolute Gasteiger partial charge is 0.338 e. The molecule has 1 saturated heterocycles. The van der Waals surface area contributed by atoms with Crippen LogP contribution in [0.3, 0.4) is 0 Å². The second kappa shape index (κ2) is 11.6. The molecule has 3 aromatic carbocycles. The Kier molecular flexibility index (Phi) is 8.06. The molecule has 0 bridgehead atoms. The van der Waals surface area contributed by atoms with Gasteiger partial charge in [0, 0.05) is 0 Å². The first-order valence-corrected chi connectivity index (χ1v) is 11.2. The number of aliphatic hydroxyl groups is 2. The number of carbonyl (C=O) groups excluding carboxylic acids is 3. The molecule has 0 radical (unpaired) electrons. The van der Waals surface area contributed by atoms with Gasteiger partial charge in [0.15, 0.2) is 24.6 Å². The van der Waals surface area contributed by atoms with Crippen LogP contribution in [0.2, 0.25) is 0 Å². The van der Waals surface area contributed by atoms with Crippen LogP contribution in [0.1, 0.15) is 31.1 Å². The van der Waals surface area contributed by atoms with E-state index in [1.165, 1.54) is 36.4 Å². The SMILES string of the molecule is O=C(OC1C(O)OC(CO)C(OC(=O)c2ccccc2)C1OC(=O)c1ccccc1)c1ccccc1. The highest BCUT2D eigenvalue weighted by Gasteiger charge is 2.52. The Morgan fingerprint density at radius 3 is 1.36 bits per heavy atom. The fraction of sp³-hybridized carbons (Fsp3) is 0.222. The molecule has 0 amide bonds. The van der Waals surface area contributed by atoms with E-state index in [-0.39, 0.29) is 16.7 Å². The molecule has 0 aromatic heterocycles. The number of ether oxygens (including phenoxy) is 4. The van der Waals surface area contributed by atoms with Gasteiger partial charge in [0.2, 0.25) is 0 Å². The van der Waals surface area contributed by atoms with Gasteiger partial charge >= 0.3 is 17.9 Å². The highest BCUT2D eigenvalue weighted by molar-refractivity contribution is 5.91. The minimum atomic E-state index is -1.78. The third-order valence-corrected chi connectivity index (χ3v) is 5.55. The lowest BCUT2D eigenvalue weighted by Gasteiger charge is -2.42. The third kappa shape index (κ3) is 5.77. The molecule has 2 N–H and O–H groups in total. The molecule has 3 aromatic rings. The van der Waals surface area contributed by atoms with Crippen LogP contribution in [0.15, 0.2) is 91.0 Å². The molecule has 5 unspecified atom stereocenters. The molecule has 1 aliphatic rings. The molecule has 0 aliphatic carbocycles. The normalized spacial score (nSPS) is 23.3. The Morgan fingerprint density at radius 1 is 0.611 bits per heavy atom. The van der Waals surface area contributed by atoms with E-state index in [4.69, 9.17) is 18.9 Å².